The lowest BCUT2D eigenvalue weighted by molar-refractivity contribution is 0.573. The number of benzene rings is 7. The standard InChI is InChI=1S/C48H33N3O/c1-6-19-41-33(14-1)34-15-2-7-20-42(34)49(41)30-12-11-13-31(28-30)50-43-21-8-3-16-35(43)38-25-26-39-36-17-4-9-22-44(36)51(48(39)47(38)50)32-24-27-46-40(29-32)37-18-5-10-23-45(37)52-46/h1-3,5-16,18-29,36,44H,4,17H2. The van der Waals surface area contributed by atoms with Crippen LogP contribution in [0, 0.1) is 0 Å². The number of anilines is 2. The molecule has 3 aromatic heterocycles. The third-order valence-corrected chi connectivity index (χ3v) is 11.7. The zero-order valence-electron chi connectivity index (χ0n) is 28.4. The summed E-state index contributed by atoms with van der Waals surface area (Å²) in [6.07, 6.45) is 7.07. The molecular weight excluding hydrogens is 635 g/mol. The largest absolute Gasteiger partial charge is 0.456 e. The first-order valence-corrected chi connectivity index (χ1v) is 18.3. The Hall–Kier alpha value is -6.52. The summed E-state index contributed by atoms with van der Waals surface area (Å²) in [6, 6.07) is 55.7. The number of para-hydroxylation sites is 4. The Bertz CT molecular complexity index is 3060. The van der Waals surface area contributed by atoms with Gasteiger partial charge in [0, 0.05) is 55.3 Å². The smallest absolute Gasteiger partial charge is 0.135 e. The van der Waals surface area contributed by atoms with Crippen LogP contribution in [0.4, 0.5) is 11.4 Å². The maximum Gasteiger partial charge on any atom is 0.135 e. The maximum atomic E-state index is 6.29. The van der Waals surface area contributed by atoms with Crippen molar-refractivity contribution in [3.63, 3.8) is 0 Å². The van der Waals surface area contributed by atoms with E-state index in [1.165, 1.54) is 60.5 Å². The van der Waals surface area contributed by atoms with Gasteiger partial charge < -0.3 is 18.5 Å². The molecule has 52 heavy (non-hydrogen) atoms. The van der Waals surface area contributed by atoms with Crippen LogP contribution >= 0.6 is 0 Å². The second-order valence-corrected chi connectivity index (χ2v) is 14.4. The molecule has 0 saturated carbocycles. The molecule has 0 spiro atoms. The molecule has 0 bridgehead atoms. The van der Waals surface area contributed by atoms with E-state index < -0.39 is 0 Å². The first-order chi connectivity index (χ1) is 25.8. The summed E-state index contributed by atoms with van der Waals surface area (Å²) in [7, 11) is 0. The van der Waals surface area contributed by atoms with Gasteiger partial charge in [0.15, 0.2) is 0 Å². The van der Waals surface area contributed by atoms with E-state index in [-0.39, 0.29) is 6.04 Å². The molecule has 7 aromatic carbocycles. The Morgan fingerprint density at radius 1 is 0.481 bits per heavy atom. The van der Waals surface area contributed by atoms with Crippen molar-refractivity contribution in [2.45, 2.75) is 24.8 Å². The third kappa shape index (κ3) is 3.76. The highest BCUT2D eigenvalue weighted by Gasteiger charge is 2.41. The Morgan fingerprint density at radius 2 is 1.12 bits per heavy atom. The molecule has 1 aliphatic carbocycles. The van der Waals surface area contributed by atoms with Crippen molar-refractivity contribution < 1.29 is 4.42 Å². The van der Waals surface area contributed by atoms with Crippen molar-refractivity contribution in [3.8, 4) is 11.4 Å². The molecular formula is C48H33N3O. The van der Waals surface area contributed by atoms with Gasteiger partial charge in [0.1, 0.15) is 11.2 Å². The van der Waals surface area contributed by atoms with E-state index in [1.807, 2.05) is 6.07 Å². The number of hydrogen-bond donors (Lipinski definition) is 0. The van der Waals surface area contributed by atoms with Gasteiger partial charge in [0.25, 0.3) is 0 Å². The molecule has 4 heteroatoms. The maximum absolute atomic E-state index is 6.29. The Morgan fingerprint density at radius 3 is 1.88 bits per heavy atom. The third-order valence-electron chi connectivity index (χ3n) is 11.7. The molecule has 12 rings (SSSR count). The molecule has 0 fully saturated rings. The Kier molecular flexibility index (Phi) is 5.70. The van der Waals surface area contributed by atoms with Crippen LogP contribution in [-0.4, -0.2) is 15.2 Å². The van der Waals surface area contributed by atoms with E-state index in [0.29, 0.717) is 5.92 Å². The zero-order valence-corrected chi connectivity index (χ0v) is 28.4. The van der Waals surface area contributed by atoms with Crippen molar-refractivity contribution in [3.05, 3.63) is 169 Å². The lowest BCUT2D eigenvalue weighted by atomic mass is 9.86. The number of fused-ring (bicyclic) bond motifs is 13. The van der Waals surface area contributed by atoms with E-state index in [0.717, 1.165) is 46.2 Å². The fourth-order valence-electron chi connectivity index (χ4n) is 9.58. The van der Waals surface area contributed by atoms with Gasteiger partial charge in [-0.1, -0.05) is 103 Å². The highest BCUT2D eigenvalue weighted by molar-refractivity contribution is 6.16. The summed E-state index contributed by atoms with van der Waals surface area (Å²) >= 11 is 0. The molecule has 0 amide bonds. The molecule has 0 saturated heterocycles. The van der Waals surface area contributed by atoms with Crippen LogP contribution in [0.5, 0.6) is 0 Å². The Balaban J connectivity index is 1.15. The first-order valence-electron chi connectivity index (χ1n) is 18.3. The Labute approximate surface area is 300 Å². The summed E-state index contributed by atoms with van der Waals surface area (Å²) in [6.45, 7) is 0. The molecule has 1 aliphatic heterocycles. The SMILES string of the molecule is C1=CC2C(CC1)c1ccc3c4ccccc4n(-c4cccc(-n5c6ccccc6c6ccccc65)c4)c3c1N2c1ccc2oc3ccccc3c2c1. The molecule has 0 radical (unpaired) electrons. The summed E-state index contributed by atoms with van der Waals surface area (Å²) in [5.41, 5.74) is 13.0. The number of hydrogen-bond acceptors (Lipinski definition) is 2. The van der Waals surface area contributed by atoms with Crippen molar-refractivity contribution in [1.82, 2.24) is 9.13 Å². The average Bonchev–Trinajstić information content (AvgIpc) is 3.94. The van der Waals surface area contributed by atoms with Crippen LogP contribution in [-0.2, 0) is 0 Å². The fourth-order valence-corrected chi connectivity index (χ4v) is 9.58. The number of furan rings is 1. The van der Waals surface area contributed by atoms with Crippen molar-refractivity contribution in [2.24, 2.45) is 0 Å². The lowest BCUT2D eigenvalue weighted by Crippen LogP contribution is -2.29. The van der Waals surface area contributed by atoms with Crippen molar-refractivity contribution >= 4 is 76.9 Å². The molecule has 10 aromatic rings. The fraction of sp³-hybridized carbons (Fsp3) is 0.0833. The molecule has 246 valence electrons. The minimum absolute atomic E-state index is 0.236. The van der Waals surface area contributed by atoms with Gasteiger partial charge in [-0.25, -0.2) is 0 Å². The quantitative estimate of drug-likeness (QED) is 0.175. The normalized spacial score (nSPS) is 17.0. The number of nitrogens with zero attached hydrogens (tertiary/aromatic N) is 3. The number of aromatic nitrogens is 2. The van der Waals surface area contributed by atoms with E-state index in [2.05, 4.69) is 172 Å². The minimum atomic E-state index is 0.236. The van der Waals surface area contributed by atoms with Crippen LogP contribution in [0.15, 0.2) is 168 Å². The average molecular weight is 668 g/mol. The van der Waals surface area contributed by atoms with Crippen LogP contribution in [0.2, 0.25) is 0 Å². The number of rotatable bonds is 3. The van der Waals surface area contributed by atoms with Crippen LogP contribution in [0.25, 0.3) is 76.9 Å². The van der Waals surface area contributed by atoms with Crippen LogP contribution in [0.1, 0.15) is 24.3 Å². The highest BCUT2D eigenvalue weighted by atomic mass is 16.3. The van der Waals surface area contributed by atoms with Crippen LogP contribution in [0.3, 0.4) is 0 Å². The summed E-state index contributed by atoms with van der Waals surface area (Å²) in [5.74, 6) is 0.414. The predicted octanol–water partition coefficient (Wildman–Crippen LogP) is 12.7. The zero-order chi connectivity index (χ0) is 33.9. The summed E-state index contributed by atoms with van der Waals surface area (Å²) < 4.78 is 11.2. The van der Waals surface area contributed by atoms with Gasteiger partial charge in [0.05, 0.1) is 33.8 Å². The van der Waals surface area contributed by atoms with Gasteiger partial charge in [-0.3, -0.25) is 0 Å². The summed E-state index contributed by atoms with van der Waals surface area (Å²) in [5, 5.41) is 7.40. The van der Waals surface area contributed by atoms with Crippen molar-refractivity contribution in [1.29, 1.82) is 0 Å². The lowest BCUT2D eigenvalue weighted by Gasteiger charge is -2.31. The van der Waals surface area contributed by atoms with Crippen molar-refractivity contribution in [2.75, 3.05) is 4.90 Å². The van der Waals surface area contributed by atoms with Crippen LogP contribution < -0.4 is 4.90 Å². The first kappa shape index (κ1) is 28.2. The molecule has 4 heterocycles. The summed E-state index contributed by atoms with van der Waals surface area (Å²) in [4.78, 5) is 2.63. The van der Waals surface area contributed by atoms with E-state index in [4.69, 9.17) is 4.42 Å². The molecule has 2 atom stereocenters. The molecule has 0 N–H and O–H groups in total. The molecule has 4 nitrogen and oxygen atoms in total. The topological polar surface area (TPSA) is 26.2 Å². The second-order valence-electron chi connectivity index (χ2n) is 14.4. The number of allylic oxidation sites excluding steroid dienone is 1. The van der Waals surface area contributed by atoms with E-state index in [1.54, 1.807) is 0 Å². The van der Waals surface area contributed by atoms with Gasteiger partial charge in [-0.05, 0) is 79.1 Å². The van der Waals surface area contributed by atoms with Gasteiger partial charge in [-0.15, -0.1) is 0 Å². The van der Waals surface area contributed by atoms with Gasteiger partial charge in [0.2, 0.25) is 0 Å². The molecule has 2 aliphatic rings. The van der Waals surface area contributed by atoms with E-state index >= 15 is 0 Å². The van der Waals surface area contributed by atoms with Gasteiger partial charge >= 0.3 is 0 Å². The second kappa shape index (κ2) is 10.5. The monoisotopic (exact) mass is 667 g/mol. The highest BCUT2D eigenvalue weighted by Crippen LogP contribution is 2.54. The predicted molar refractivity (Wildman–Crippen MR) is 216 cm³/mol. The van der Waals surface area contributed by atoms with Gasteiger partial charge in [-0.2, -0.15) is 0 Å². The molecule has 2 unspecified atom stereocenters. The minimum Gasteiger partial charge on any atom is -0.456 e. The van der Waals surface area contributed by atoms with E-state index in [9.17, 15) is 0 Å².